The molecular weight excluding hydrogens is 238 g/mol. The van der Waals surface area contributed by atoms with Crippen LogP contribution in [0.5, 0.6) is 0 Å². The molecule has 0 radical (unpaired) electrons. The van der Waals surface area contributed by atoms with Crippen LogP contribution in [0.1, 0.15) is 19.3 Å². The first-order chi connectivity index (χ1) is 6.86. The van der Waals surface area contributed by atoms with E-state index in [9.17, 15) is 0 Å². The van der Waals surface area contributed by atoms with E-state index in [1.807, 2.05) is 0 Å². The third kappa shape index (κ3) is 2.44. The highest BCUT2D eigenvalue weighted by Crippen LogP contribution is 2.18. The Hall–Kier alpha value is -0.630. The predicted molar refractivity (Wildman–Crippen MR) is 65.2 cm³/mol. The Labute approximate surface area is 93.4 Å². The number of hydrogen-bond acceptors (Lipinski definition) is 1. The Balaban J connectivity index is 2.08. The van der Waals surface area contributed by atoms with E-state index in [4.69, 9.17) is 4.99 Å². The van der Waals surface area contributed by atoms with Crippen LogP contribution in [-0.2, 0) is 0 Å². The van der Waals surface area contributed by atoms with Crippen LogP contribution in [0.15, 0.2) is 41.4 Å². The van der Waals surface area contributed by atoms with Crippen LogP contribution in [-0.4, -0.2) is 16.6 Å². The van der Waals surface area contributed by atoms with Gasteiger partial charge in [0.25, 0.3) is 0 Å². The maximum absolute atomic E-state index is 4.72. The molecule has 0 heterocycles. The van der Waals surface area contributed by atoms with E-state index < -0.39 is 0 Å². The highest BCUT2D eigenvalue weighted by atomic mass is 79.9. The second-order valence-corrected chi connectivity index (χ2v) is 4.68. The third-order valence-electron chi connectivity index (χ3n) is 2.47. The summed E-state index contributed by atoms with van der Waals surface area (Å²) >= 11 is 3.61. The molecule has 1 nitrogen and oxygen atoms in total. The second-order valence-electron chi connectivity index (χ2n) is 3.62. The van der Waals surface area contributed by atoms with Crippen molar-refractivity contribution in [2.75, 3.05) is 0 Å². The smallest absolute Gasteiger partial charge is 0.0846 e. The second kappa shape index (κ2) is 4.74. The summed E-state index contributed by atoms with van der Waals surface area (Å²) in [5.74, 6) is 0. The number of hydrogen-bond donors (Lipinski definition) is 0. The Bertz CT molecular complexity index is 312. The largest absolute Gasteiger partial charge is 0.281 e. The molecule has 2 rings (SSSR count). The van der Waals surface area contributed by atoms with Gasteiger partial charge in [0.05, 0.1) is 10.9 Å². The van der Waals surface area contributed by atoms with E-state index in [-0.39, 0.29) is 6.04 Å². The van der Waals surface area contributed by atoms with Crippen molar-refractivity contribution in [3.05, 3.63) is 36.5 Å². The molecule has 0 aromatic carbocycles. The third-order valence-corrected chi connectivity index (χ3v) is 3.32. The van der Waals surface area contributed by atoms with Gasteiger partial charge in [0.1, 0.15) is 0 Å². The SMILES string of the molecule is BrC1C=CC=CC1N=C1C=CCCC1. The van der Waals surface area contributed by atoms with Gasteiger partial charge >= 0.3 is 0 Å². The molecule has 14 heavy (non-hydrogen) atoms. The Morgan fingerprint density at radius 2 is 2.14 bits per heavy atom. The maximum Gasteiger partial charge on any atom is 0.0846 e. The van der Waals surface area contributed by atoms with E-state index in [0.29, 0.717) is 4.83 Å². The molecule has 0 spiro atoms. The van der Waals surface area contributed by atoms with Crippen LogP contribution in [0.25, 0.3) is 0 Å². The number of allylic oxidation sites excluding steroid dienone is 4. The summed E-state index contributed by atoms with van der Waals surface area (Å²) in [6.07, 6.45) is 16.4. The number of rotatable bonds is 1. The molecule has 2 unspecified atom stereocenters. The molecule has 0 fully saturated rings. The number of nitrogens with zero attached hydrogens (tertiary/aromatic N) is 1. The Morgan fingerprint density at radius 1 is 1.29 bits per heavy atom. The lowest BCUT2D eigenvalue weighted by Gasteiger charge is -2.16. The Kier molecular flexibility index (Phi) is 3.35. The highest BCUT2D eigenvalue weighted by molar-refractivity contribution is 9.09. The molecule has 0 amide bonds. The average molecular weight is 252 g/mol. The lowest BCUT2D eigenvalue weighted by molar-refractivity contribution is 0.823. The minimum atomic E-state index is 0.276. The molecule has 0 saturated heterocycles. The van der Waals surface area contributed by atoms with Crippen LogP contribution in [0.4, 0.5) is 0 Å². The molecule has 0 aliphatic heterocycles. The lowest BCUT2D eigenvalue weighted by atomic mass is 10.0. The van der Waals surface area contributed by atoms with Crippen molar-refractivity contribution in [1.82, 2.24) is 0 Å². The fourth-order valence-corrected chi connectivity index (χ4v) is 2.16. The van der Waals surface area contributed by atoms with Crippen molar-refractivity contribution in [3.63, 3.8) is 0 Å². The van der Waals surface area contributed by atoms with E-state index in [2.05, 4.69) is 52.4 Å². The van der Waals surface area contributed by atoms with Gasteiger partial charge in [-0.3, -0.25) is 4.99 Å². The summed E-state index contributed by atoms with van der Waals surface area (Å²) in [4.78, 5) is 5.08. The van der Waals surface area contributed by atoms with E-state index in [1.54, 1.807) is 0 Å². The first-order valence-corrected chi connectivity index (χ1v) is 6.00. The molecule has 74 valence electrons. The molecular formula is C12H14BrN. The summed E-state index contributed by atoms with van der Waals surface area (Å²) in [5, 5.41) is 0. The summed E-state index contributed by atoms with van der Waals surface area (Å²) in [6.45, 7) is 0. The van der Waals surface area contributed by atoms with Crippen molar-refractivity contribution < 1.29 is 0 Å². The summed E-state index contributed by atoms with van der Waals surface area (Å²) < 4.78 is 0. The molecule has 0 saturated carbocycles. The topological polar surface area (TPSA) is 12.4 Å². The monoisotopic (exact) mass is 251 g/mol. The van der Waals surface area contributed by atoms with E-state index >= 15 is 0 Å². The predicted octanol–water partition coefficient (Wildman–Crippen LogP) is 3.43. The van der Waals surface area contributed by atoms with Gasteiger partial charge in [-0.1, -0.05) is 46.3 Å². The molecule has 0 aromatic rings. The van der Waals surface area contributed by atoms with Crippen molar-refractivity contribution in [3.8, 4) is 0 Å². The summed E-state index contributed by atoms with van der Waals surface area (Å²) in [6, 6.07) is 0.276. The number of aliphatic imine (C=N–C) groups is 1. The standard InChI is InChI=1S/C12H14BrN/c13-11-8-4-5-9-12(11)14-10-6-2-1-3-7-10/h2,4-6,8-9,11-12H,1,3,7H2. The van der Waals surface area contributed by atoms with Crippen LogP contribution < -0.4 is 0 Å². The fraction of sp³-hybridized carbons (Fsp3) is 0.417. The van der Waals surface area contributed by atoms with Crippen LogP contribution >= 0.6 is 15.9 Å². The van der Waals surface area contributed by atoms with E-state index in [1.165, 1.54) is 18.6 Å². The van der Waals surface area contributed by atoms with Crippen molar-refractivity contribution in [2.45, 2.75) is 30.1 Å². The molecule has 2 aliphatic carbocycles. The zero-order valence-corrected chi connectivity index (χ0v) is 9.65. The summed E-state index contributed by atoms with van der Waals surface area (Å²) in [7, 11) is 0. The number of alkyl halides is 1. The van der Waals surface area contributed by atoms with E-state index in [0.717, 1.165) is 6.42 Å². The lowest BCUT2D eigenvalue weighted by Crippen LogP contribution is -2.18. The highest BCUT2D eigenvalue weighted by Gasteiger charge is 2.14. The van der Waals surface area contributed by atoms with Gasteiger partial charge in [-0.25, -0.2) is 0 Å². The number of halogens is 1. The molecule has 2 atom stereocenters. The van der Waals surface area contributed by atoms with Gasteiger partial charge in [0.2, 0.25) is 0 Å². The van der Waals surface area contributed by atoms with Crippen LogP contribution in [0, 0.1) is 0 Å². The van der Waals surface area contributed by atoms with Gasteiger partial charge in [0, 0.05) is 5.71 Å². The summed E-state index contributed by atoms with van der Waals surface area (Å²) in [5.41, 5.74) is 1.24. The minimum Gasteiger partial charge on any atom is -0.281 e. The van der Waals surface area contributed by atoms with Gasteiger partial charge < -0.3 is 0 Å². The van der Waals surface area contributed by atoms with Crippen molar-refractivity contribution in [2.24, 2.45) is 4.99 Å². The first kappa shape index (κ1) is 9.91. The average Bonchev–Trinajstić information content (AvgIpc) is 2.23. The zero-order chi connectivity index (χ0) is 9.80. The van der Waals surface area contributed by atoms with Gasteiger partial charge in [-0.2, -0.15) is 0 Å². The van der Waals surface area contributed by atoms with Gasteiger partial charge in [-0.05, 0) is 25.3 Å². The first-order valence-electron chi connectivity index (χ1n) is 5.08. The molecule has 0 aromatic heterocycles. The molecule has 2 aliphatic rings. The molecule has 0 N–H and O–H groups in total. The molecule has 2 heteroatoms. The van der Waals surface area contributed by atoms with Crippen molar-refractivity contribution >= 4 is 21.6 Å². The zero-order valence-electron chi connectivity index (χ0n) is 8.07. The van der Waals surface area contributed by atoms with Crippen LogP contribution in [0.3, 0.4) is 0 Å². The normalized spacial score (nSPS) is 33.9. The minimum absolute atomic E-state index is 0.276. The van der Waals surface area contributed by atoms with Gasteiger partial charge in [0.15, 0.2) is 0 Å². The fourth-order valence-electron chi connectivity index (χ4n) is 1.69. The van der Waals surface area contributed by atoms with Gasteiger partial charge in [-0.15, -0.1) is 0 Å². The van der Waals surface area contributed by atoms with Crippen molar-refractivity contribution in [1.29, 1.82) is 0 Å². The quantitative estimate of drug-likeness (QED) is 0.634. The van der Waals surface area contributed by atoms with Crippen LogP contribution in [0.2, 0.25) is 0 Å². The maximum atomic E-state index is 4.72. The molecule has 0 bridgehead atoms. The Morgan fingerprint density at radius 3 is 2.86 bits per heavy atom.